The number of likely N-dealkylation sites (tertiary alicyclic amines) is 1. The number of hydrogen-bond acceptors (Lipinski definition) is 2. The molecule has 2 aromatic rings. The van der Waals surface area contributed by atoms with Gasteiger partial charge in [-0.2, -0.15) is 0 Å². The maximum Gasteiger partial charge on any atom is 0.287 e. The first-order valence-electron chi connectivity index (χ1n) is 7.43. The van der Waals surface area contributed by atoms with Crippen LogP contribution in [0.3, 0.4) is 0 Å². The van der Waals surface area contributed by atoms with Gasteiger partial charge >= 0.3 is 0 Å². The molecule has 2 aromatic carbocycles. The fourth-order valence-electron chi connectivity index (χ4n) is 2.74. The first kappa shape index (κ1) is 15.1. The van der Waals surface area contributed by atoms with Gasteiger partial charge in [-0.3, -0.25) is 4.90 Å². The molecule has 1 aliphatic rings. The first-order valence-corrected chi connectivity index (χ1v) is 7.43. The van der Waals surface area contributed by atoms with Crippen molar-refractivity contribution in [3.63, 3.8) is 0 Å². The third-order valence-electron chi connectivity index (χ3n) is 3.87. The summed E-state index contributed by atoms with van der Waals surface area (Å²) >= 11 is 0. The van der Waals surface area contributed by atoms with Crippen LogP contribution in [-0.2, 0) is 17.9 Å². The number of halogens is 2. The molecule has 1 fully saturated rings. The second-order valence-electron chi connectivity index (χ2n) is 5.70. The van der Waals surface area contributed by atoms with E-state index in [-0.39, 0.29) is 19.7 Å². The third kappa shape index (κ3) is 3.70. The van der Waals surface area contributed by atoms with Crippen LogP contribution in [0.15, 0.2) is 60.7 Å². The van der Waals surface area contributed by atoms with Gasteiger partial charge in [-0.1, -0.05) is 60.7 Å². The van der Waals surface area contributed by atoms with Crippen LogP contribution in [0.4, 0.5) is 8.78 Å². The van der Waals surface area contributed by atoms with E-state index in [4.69, 9.17) is 4.74 Å². The van der Waals surface area contributed by atoms with Crippen LogP contribution in [0.2, 0.25) is 0 Å². The van der Waals surface area contributed by atoms with Crippen molar-refractivity contribution in [2.24, 2.45) is 0 Å². The van der Waals surface area contributed by atoms with E-state index >= 15 is 0 Å². The molecule has 116 valence electrons. The number of hydrogen-bond donors (Lipinski definition) is 0. The summed E-state index contributed by atoms with van der Waals surface area (Å²) in [5, 5.41) is 0. The lowest BCUT2D eigenvalue weighted by Crippen LogP contribution is -2.33. The summed E-state index contributed by atoms with van der Waals surface area (Å²) in [6.07, 6.45) is -1.04. The molecule has 0 N–H and O–H groups in total. The van der Waals surface area contributed by atoms with Gasteiger partial charge in [0, 0.05) is 13.1 Å². The maximum absolute atomic E-state index is 14.1. The predicted molar refractivity (Wildman–Crippen MR) is 81.7 cm³/mol. The Morgan fingerprint density at radius 2 is 1.55 bits per heavy atom. The van der Waals surface area contributed by atoms with Gasteiger partial charge in [0.15, 0.2) is 0 Å². The van der Waals surface area contributed by atoms with Crippen LogP contribution in [0.5, 0.6) is 0 Å². The highest BCUT2D eigenvalue weighted by molar-refractivity contribution is 5.15. The maximum atomic E-state index is 14.1. The van der Waals surface area contributed by atoms with Crippen LogP contribution in [0.1, 0.15) is 11.1 Å². The highest BCUT2D eigenvalue weighted by Gasteiger charge is 2.48. The Morgan fingerprint density at radius 3 is 2.18 bits per heavy atom. The van der Waals surface area contributed by atoms with Crippen molar-refractivity contribution in [1.29, 1.82) is 0 Å². The number of nitrogens with zero attached hydrogens (tertiary/aromatic N) is 1. The summed E-state index contributed by atoms with van der Waals surface area (Å²) in [5.74, 6) is -2.80. The molecule has 1 aliphatic heterocycles. The topological polar surface area (TPSA) is 12.5 Å². The van der Waals surface area contributed by atoms with E-state index < -0.39 is 12.0 Å². The summed E-state index contributed by atoms with van der Waals surface area (Å²) in [6, 6.07) is 19.1. The average Bonchev–Trinajstić information content (AvgIpc) is 2.81. The summed E-state index contributed by atoms with van der Waals surface area (Å²) in [6.45, 7) is 0.762. The standard InChI is InChI=1S/C18H19F2NO/c19-18(20)14-21(11-15-7-3-1-4-8-15)12-17(18)22-13-16-9-5-2-6-10-16/h1-10,17H,11-14H2. The van der Waals surface area contributed by atoms with Crippen molar-refractivity contribution >= 4 is 0 Å². The molecule has 1 heterocycles. The molecular weight excluding hydrogens is 284 g/mol. The van der Waals surface area contributed by atoms with Crippen LogP contribution in [0.25, 0.3) is 0 Å². The summed E-state index contributed by atoms with van der Waals surface area (Å²) in [7, 11) is 0. The quantitative estimate of drug-likeness (QED) is 0.834. The fourth-order valence-corrected chi connectivity index (χ4v) is 2.74. The first-order chi connectivity index (χ1) is 10.6. The van der Waals surface area contributed by atoms with Crippen LogP contribution in [0, 0.1) is 0 Å². The van der Waals surface area contributed by atoms with E-state index in [2.05, 4.69) is 0 Å². The highest BCUT2D eigenvalue weighted by atomic mass is 19.3. The molecular formula is C18H19F2NO. The minimum Gasteiger partial charge on any atom is -0.366 e. The van der Waals surface area contributed by atoms with Crippen LogP contribution < -0.4 is 0 Å². The van der Waals surface area contributed by atoms with Crippen molar-refractivity contribution in [2.45, 2.75) is 25.2 Å². The lowest BCUT2D eigenvalue weighted by molar-refractivity contribution is -0.110. The van der Waals surface area contributed by atoms with E-state index in [0.717, 1.165) is 11.1 Å². The van der Waals surface area contributed by atoms with E-state index in [1.807, 2.05) is 60.7 Å². The number of ether oxygens (including phenoxy) is 1. The summed E-state index contributed by atoms with van der Waals surface area (Å²) < 4.78 is 33.7. The van der Waals surface area contributed by atoms with Crippen LogP contribution >= 0.6 is 0 Å². The summed E-state index contributed by atoms with van der Waals surface area (Å²) in [4.78, 5) is 1.75. The normalized spacial score (nSPS) is 21.1. The zero-order chi connectivity index (χ0) is 15.4. The summed E-state index contributed by atoms with van der Waals surface area (Å²) in [5.41, 5.74) is 1.96. The van der Waals surface area contributed by atoms with Gasteiger partial charge in [0.05, 0.1) is 13.2 Å². The average molecular weight is 303 g/mol. The second kappa shape index (κ2) is 6.55. The second-order valence-corrected chi connectivity index (χ2v) is 5.70. The van der Waals surface area contributed by atoms with E-state index in [1.54, 1.807) is 4.90 Å². The van der Waals surface area contributed by atoms with Gasteiger partial charge in [0.2, 0.25) is 0 Å². The van der Waals surface area contributed by atoms with Gasteiger partial charge < -0.3 is 4.74 Å². The van der Waals surface area contributed by atoms with Gasteiger partial charge in [0.1, 0.15) is 6.10 Å². The largest absolute Gasteiger partial charge is 0.366 e. The lowest BCUT2D eigenvalue weighted by Gasteiger charge is -2.18. The Kier molecular flexibility index (Phi) is 4.50. The lowest BCUT2D eigenvalue weighted by atomic mass is 10.2. The van der Waals surface area contributed by atoms with Gasteiger partial charge in [0.25, 0.3) is 5.92 Å². The Bertz CT molecular complexity index is 589. The zero-order valence-electron chi connectivity index (χ0n) is 12.3. The molecule has 2 nitrogen and oxygen atoms in total. The minimum absolute atomic E-state index is 0.222. The predicted octanol–water partition coefficient (Wildman–Crippen LogP) is 3.72. The SMILES string of the molecule is FC1(F)CN(Cc2ccccc2)CC1OCc1ccccc1. The third-order valence-corrected chi connectivity index (χ3v) is 3.87. The monoisotopic (exact) mass is 303 g/mol. The molecule has 0 amide bonds. The van der Waals surface area contributed by atoms with Gasteiger partial charge in [-0.25, -0.2) is 8.78 Å². The van der Waals surface area contributed by atoms with Gasteiger partial charge in [-0.05, 0) is 11.1 Å². The number of benzene rings is 2. The Hall–Kier alpha value is -1.78. The molecule has 22 heavy (non-hydrogen) atoms. The molecule has 0 saturated carbocycles. The van der Waals surface area contributed by atoms with E-state index in [1.165, 1.54) is 0 Å². The molecule has 0 aromatic heterocycles. The van der Waals surface area contributed by atoms with Crippen LogP contribution in [-0.4, -0.2) is 30.0 Å². The fraction of sp³-hybridized carbons (Fsp3) is 0.333. The van der Waals surface area contributed by atoms with Crippen molar-refractivity contribution in [1.82, 2.24) is 4.90 Å². The molecule has 0 spiro atoms. The molecule has 3 rings (SSSR count). The Morgan fingerprint density at radius 1 is 0.955 bits per heavy atom. The van der Waals surface area contributed by atoms with Crippen molar-refractivity contribution < 1.29 is 13.5 Å². The Labute approximate surface area is 129 Å². The zero-order valence-corrected chi connectivity index (χ0v) is 12.3. The molecule has 1 saturated heterocycles. The van der Waals surface area contributed by atoms with E-state index in [9.17, 15) is 8.78 Å². The molecule has 4 heteroatoms. The van der Waals surface area contributed by atoms with E-state index in [0.29, 0.717) is 6.54 Å². The van der Waals surface area contributed by atoms with Gasteiger partial charge in [-0.15, -0.1) is 0 Å². The molecule has 1 unspecified atom stereocenters. The van der Waals surface area contributed by atoms with Crippen molar-refractivity contribution in [2.75, 3.05) is 13.1 Å². The number of rotatable bonds is 5. The molecule has 0 radical (unpaired) electrons. The van der Waals surface area contributed by atoms with Crippen molar-refractivity contribution in [3.05, 3.63) is 71.8 Å². The Balaban J connectivity index is 1.58. The molecule has 0 aliphatic carbocycles. The number of alkyl halides is 2. The minimum atomic E-state index is -2.80. The molecule has 0 bridgehead atoms. The molecule has 1 atom stereocenters. The highest BCUT2D eigenvalue weighted by Crippen LogP contribution is 2.31. The smallest absolute Gasteiger partial charge is 0.287 e. The van der Waals surface area contributed by atoms with Crippen molar-refractivity contribution in [3.8, 4) is 0 Å².